The molecule has 4 nitrogen and oxygen atoms in total. The molecule has 2 aliphatic rings. The van der Waals surface area contributed by atoms with E-state index in [2.05, 4.69) is 21.2 Å². The van der Waals surface area contributed by atoms with Gasteiger partial charge in [0.15, 0.2) is 11.5 Å². The van der Waals surface area contributed by atoms with E-state index in [1.807, 2.05) is 32.9 Å². The summed E-state index contributed by atoms with van der Waals surface area (Å²) in [5, 5.41) is 3.36. The Hall–Kier alpha value is -1.75. The van der Waals surface area contributed by atoms with Crippen LogP contribution in [0.5, 0.6) is 5.75 Å². The number of hydrogen-bond acceptors (Lipinski definition) is 4. The highest BCUT2D eigenvalue weighted by molar-refractivity contribution is 9.10. The van der Waals surface area contributed by atoms with E-state index in [1.165, 1.54) is 6.92 Å². The van der Waals surface area contributed by atoms with Crippen LogP contribution in [-0.4, -0.2) is 11.5 Å². The molecule has 0 amide bonds. The van der Waals surface area contributed by atoms with Crippen molar-refractivity contribution in [2.24, 2.45) is 0 Å². The van der Waals surface area contributed by atoms with Gasteiger partial charge in [-0.3, -0.25) is 4.79 Å². The molecule has 1 atom stereocenters. The second kappa shape index (κ2) is 4.88. The Morgan fingerprint density at radius 2 is 1.95 bits per heavy atom. The summed E-state index contributed by atoms with van der Waals surface area (Å²) >= 11 is 3.60. The normalized spacial score (nSPS) is 22.7. The van der Waals surface area contributed by atoms with Crippen molar-refractivity contribution >= 4 is 27.4 Å². The number of carbonyl (C=O) groups is 1. The van der Waals surface area contributed by atoms with Crippen LogP contribution >= 0.6 is 15.9 Å². The van der Waals surface area contributed by atoms with Crippen LogP contribution in [0.15, 0.2) is 33.7 Å². The largest absolute Gasteiger partial charge is 0.466 e. The van der Waals surface area contributed by atoms with Gasteiger partial charge < -0.3 is 14.8 Å². The number of anilines is 1. The second-order valence-corrected chi connectivity index (χ2v) is 6.61. The number of Topliss-reactive ketones (excluding diaryl/α,β-unsaturated/α-hetero) is 1. The van der Waals surface area contributed by atoms with E-state index in [4.69, 9.17) is 9.47 Å². The standard InChI is InChI=1S/C17H18BrNO3/c1-8-6-13-16(15(18)10(8)3)22-17(19-13)7-9(2)21-12(5)14(17)11(4)20/h6-7,19H,1-5H3. The molecule has 1 spiro atoms. The lowest BCUT2D eigenvalue weighted by molar-refractivity contribution is -0.115. The van der Waals surface area contributed by atoms with E-state index in [0.29, 0.717) is 17.1 Å². The van der Waals surface area contributed by atoms with Crippen molar-refractivity contribution in [2.75, 3.05) is 5.32 Å². The fraction of sp³-hybridized carbons (Fsp3) is 0.353. The van der Waals surface area contributed by atoms with E-state index < -0.39 is 5.72 Å². The Bertz CT molecular complexity index is 764. The molecule has 0 bridgehead atoms. The molecule has 0 aromatic heterocycles. The Kier molecular flexibility index (Phi) is 3.36. The lowest BCUT2D eigenvalue weighted by Gasteiger charge is -2.32. The van der Waals surface area contributed by atoms with E-state index in [1.54, 1.807) is 6.92 Å². The van der Waals surface area contributed by atoms with Crippen molar-refractivity contribution < 1.29 is 14.3 Å². The molecule has 1 aromatic rings. The minimum Gasteiger partial charge on any atom is -0.466 e. The molecule has 0 fully saturated rings. The molecule has 22 heavy (non-hydrogen) atoms. The van der Waals surface area contributed by atoms with Crippen molar-refractivity contribution in [1.29, 1.82) is 0 Å². The molecular formula is C17H18BrNO3. The molecule has 1 unspecified atom stereocenters. The molecule has 3 rings (SSSR count). The number of ether oxygens (including phenoxy) is 2. The van der Waals surface area contributed by atoms with Gasteiger partial charge in [0, 0.05) is 6.08 Å². The van der Waals surface area contributed by atoms with Crippen LogP contribution in [0, 0.1) is 13.8 Å². The maximum absolute atomic E-state index is 12.1. The van der Waals surface area contributed by atoms with Crippen molar-refractivity contribution in [3.05, 3.63) is 44.8 Å². The van der Waals surface area contributed by atoms with Gasteiger partial charge in [0.05, 0.1) is 10.2 Å². The topological polar surface area (TPSA) is 47.6 Å². The minimum atomic E-state index is -0.997. The number of hydrogen-bond donors (Lipinski definition) is 1. The van der Waals surface area contributed by atoms with E-state index in [-0.39, 0.29) is 5.78 Å². The van der Waals surface area contributed by atoms with Gasteiger partial charge in [0.2, 0.25) is 5.72 Å². The second-order valence-electron chi connectivity index (χ2n) is 5.82. The quantitative estimate of drug-likeness (QED) is 0.804. The third kappa shape index (κ3) is 2.07. The summed E-state index contributed by atoms with van der Waals surface area (Å²) in [5.41, 5.74) is 2.64. The van der Waals surface area contributed by atoms with Gasteiger partial charge in [0.1, 0.15) is 17.1 Å². The maximum atomic E-state index is 12.1. The van der Waals surface area contributed by atoms with Crippen LogP contribution < -0.4 is 10.1 Å². The smallest absolute Gasteiger partial charge is 0.237 e. The number of benzene rings is 1. The number of nitrogens with one attached hydrogen (secondary N) is 1. The number of allylic oxidation sites excluding steroid dienone is 2. The Balaban J connectivity index is 2.19. The van der Waals surface area contributed by atoms with Crippen LogP contribution in [0.2, 0.25) is 0 Å². The van der Waals surface area contributed by atoms with Gasteiger partial charge in [-0.15, -0.1) is 0 Å². The van der Waals surface area contributed by atoms with E-state index in [9.17, 15) is 4.79 Å². The average Bonchev–Trinajstić information content (AvgIpc) is 2.73. The summed E-state index contributed by atoms with van der Waals surface area (Å²) in [4.78, 5) is 12.1. The first-order valence-corrected chi connectivity index (χ1v) is 7.91. The fourth-order valence-corrected chi connectivity index (χ4v) is 3.67. The van der Waals surface area contributed by atoms with E-state index >= 15 is 0 Å². The van der Waals surface area contributed by atoms with Gasteiger partial charge in [0.25, 0.3) is 0 Å². The Morgan fingerprint density at radius 3 is 2.59 bits per heavy atom. The van der Waals surface area contributed by atoms with Crippen LogP contribution in [0.25, 0.3) is 0 Å². The SMILES string of the molecule is CC(=O)C1=C(C)OC(C)=CC12Nc1cc(C)c(C)c(Br)c1O2. The zero-order valence-electron chi connectivity index (χ0n) is 13.3. The number of carbonyl (C=O) groups excluding carboxylic acids is 1. The summed E-state index contributed by atoms with van der Waals surface area (Å²) in [6.07, 6.45) is 1.81. The molecular weight excluding hydrogens is 346 g/mol. The molecule has 5 heteroatoms. The summed E-state index contributed by atoms with van der Waals surface area (Å²) < 4.78 is 12.7. The summed E-state index contributed by atoms with van der Waals surface area (Å²) in [7, 11) is 0. The van der Waals surface area contributed by atoms with Gasteiger partial charge >= 0.3 is 0 Å². The summed E-state index contributed by atoms with van der Waals surface area (Å²) in [5.74, 6) is 1.91. The van der Waals surface area contributed by atoms with Gasteiger partial charge in [-0.05, 0) is 67.7 Å². The highest BCUT2D eigenvalue weighted by Gasteiger charge is 2.47. The molecule has 1 N–H and O–H groups in total. The van der Waals surface area contributed by atoms with Crippen molar-refractivity contribution in [3.8, 4) is 5.75 Å². The van der Waals surface area contributed by atoms with Crippen LogP contribution in [0.1, 0.15) is 31.9 Å². The lowest BCUT2D eigenvalue weighted by Crippen LogP contribution is -2.45. The third-order valence-corrected chi connectivity index (χ3v) is 5.06. The van der Waals surface area contributed by atoms with E-state index in [0.717, 1.165) is 27.0 Å². The Labute approximate surface area is 138 Å². The lowest BCUT2D eigenvalue weighted by atomic mass is 9.95. The van der Waals surface area contributed by atoms with Gasteiger partial charge in [-0.2, -0.15) is 0 Å². The van der Waals surface area contributed by atoms with Gasteiger partial charge in [-0.25, -0.2) is 0 Å². The van der Waals surface area contributed by atoms with Crippen molar-refractivity contribution in [2.45, 2.75) is 40.3 Å². The predicted octanol–water partition coefficient (Wildman–Crippen LogP) is 4.36. The molecule has 2 aliphatic heterocycles. The first-order chi connectivity index (χ1) is 10.2. The highest BCUT2D eigenvalue weighted by atomic mass is 79.9. The number of aryl methyl sites for hydroxylation is 1. The Morgan fingerprint density at radius 1 is 1.27 bits per heavy atom. The fourth-order valence-electron chi connectivity index (χ4n) is 3.06. The molecule has 0 aliphatic carbocycles. The van der Waals surface area contributed by atoms with Gasteiger partial charge in [-0.1, -0.05) is 0 Å². The number of halogens is 1. The highest BCUT2D eigenvalue weighted by Crippen LogP contribution is 2.49. The third-order valence-electron chi connectivity index (χ3n) is 4.11. The summed E-state index contributed by atoms with van der Waals surface area (Å²) in [6, 6.07) is 2.04. The first kappa shape index (κ1) is 15.2. The van der Waals surface area contributed by atoms with Crippen molar-refractivity contribution in [3.63, 3.8) is 0 Å². The van der Waals surface area contributed by atoms with Crippen LogP contribution in [0.4, 0.5) is 5.69 Å². The van der Waals surface area contributed by atoms with Crippen LogP contribution in [0.3, 0.4) is 0 Å². The molecule has 0 saturated carbocycles. The zero-order valence-corrected chi connectivity index (χ0v) is 14.8. The molecule has 0 saturated heterocycles. The number of fused-ring (bicyclic) bond motifs is 1. The number of rotatable bonds is 1. The molecule has 2 heterocycles. The summed E-state index contributed by atoms with van der Waals surface area (Å²) in [6.45, 7) is 9.24. The maximum Gasteiger partial charge on any atom is 0.237 e. The molecule has 0 radical (unpaired) electrons. The first-order valence-electron chi connectivity index (χ1n) is 7.11. The monoisotopic (exact) mass is 363 g/mol. The molecule has 1 aromatic carbocycles. The molecule has 116 valence electrons. The minimum absolute atomic E-state index is 0.0777. The van der Waals surface area contributed by atoms with Crippen molar-refractivity contribution in [1.82, 2.24) is 0 Å². The van der Waals surface area contributed by atoms with Crippen LogP contribution in [-0.2, 0) is 9.53 Å². The average molecular weight is 364 g/mol. The zero-order chi connectivity index (χ0) is 16.2. The number of ketones is 1. The predicted molar refractivity (Wildman–Crippen MR) is 88.8 cm³/mol.